The molecule has 2 heterocycles. The van der Waals surface area contributed by atoms with E-state index in [1.54, 1.807) is 0 Å². The van der Waals surface area contributed by atoms with Gasteiger partial charge in [0.2, 0.25) is 0 Å². The predicted octanol–water partition coefficient (Wildman–Crippen LogP) is 4.49. The highest BCUT2D eigenvalue weighted by molar-refractivity contribution is 6.37. The summed E-state index contributed by atoms with van der Waals surface area (Å²) in [5, 5.41) is 0. The summed E-state index contributed by atoms with van der Waals surface area (Å²) in [5.74, 6) is -0.125. The Hall–Kier alpha value is -2.88. The van der Waals surface area contributed by atoms with E-state index in [4.69, 9.17) is 0 Å². The van der Waals surface area contributed by atoms with Crippen molar-refractivity contribution in [2.75, 3.05) is 18.0 Å². The van der Waals surface area contributed by atoms with Crippen LogP contribution in [0.25, 0.3) is 5.57 Å². The molecule has 2 amide bonds. The van der Waals surface area contributed by atoms with Gasteiger partial charge in [0.05, 0.1) is 5.57 Å². The number of benzene rings is 2. The van der Waals surface area contributed by atoms with Crippen molar-refractivity contribution < 1.29 is 9.59 Å². The van der Waals surface area contributed by atoms with Crippen molar-refractivity contribution in [3.05, 3.63) is 70.4 Å². The summed E-state index contributed by atoms with van der Waals surface area (Å²) < 4.78 is 0. The minimum absolute atomic E-state index is 0.171. The SMILES string of the molecule is Cc1ccc(C2=C(N3CCCc4ccccc43)C(=O)N(CC(C)C)C2=O)c(C)c1. The molecule has 0 bridgehead atoms. The Morgan fingerprint density at radius 2 is 1.76 bits per heavy atom. The number of carbonyl (C=O) groups is 2. The molecule has 0 spiro atoms. The average Bonchev–Trinajstić information content (AvgIpc) is 2.92. The highest BCUT2D eigenvalue weighted by Crippen LogP contribution is 2.38. The van der Waals surface area contributed by atoms with Crippen molar-refractivity contribution >= 4 is 23.1 Å². The summed E-state index contributed by atoms with van der Waals surface area (Å²) in [6.45, 7) is 9.30. The molecule has 0 N–H and O–H groups in total. The fourth-order valence-electron chi connectivity index (χ4n) is 4.45. The number of fused-ring (bicyclic) bond motifs is 1. The standard InChI is InChI=1S/C25H28N2O2/c1-16(2)15-27-24(28)22(20-12-11-17(3)14-18(20)4)23(25(27)29)26-13-7-9-19-8-5-6-10-21(19)26/h5-6,8,10-12,14,16H,7,9,13,15H2,1-4H3. The second-order valence-corrected chi connectivity index (χ2v) is 8.54. The van der Waals surface area contributed by atoms with E-state index in [2.05, 4.69) is 23.1 Å². The molecule has 0 unspecified atom stereocenters. The number of imide groups is 1. The first-order valence-electron chi connectivity index (χ1n) is 10.4. The topological polar surface area (TPSA) is 40.6 Å². The van der Waals surface area contributed by atoms with Crippen LogP contribution in [0.4, 0.5) is 5.69 Å². The van der Waals surface area contributed by atoms with Crippen molar-refractivity contribution in [2.24, 2.45) is 5.92 Å². The molecule has 0 saturated carbocycles. The predicted molar refractivity (Wildman–Crippen MR) is 117 cm³/mol. The summed E-state index contributed by atoms with van der Waals surface area (Å²) in [7, 11) is 0. The van der Waals surface area contributed by atoms with Gasteiger partial charge in [-0.2, -0.15) is 0 Å². The molecule has 0 radical (unpaired) electrons. The summed E-state index contributed by atoms with van der Waals surface area (Å²) in [6.07, 6.45) is 1.96. The van der Waals surface area contributed by atoms with Gasteiger partial charge in [-0.3, -0.25) is 14.5 Å². The van der Waals surface area contributed by atoms with Gasteiger partial charge in [-0.25, -0.2) is 0 Å². The van der Waals surface area contributed by atoms with Crippen molar-refractivity contribution in [1.29, 1.82) is 0 Å². The van der Waals surface area contributed by atoms with Crippen LogP contribution in [0.3, 0.4) is 0 Å². The summed E-state index contributed by atoms with van der Waals surface area (Å²) >= 11 is 0. The van der Waals surface area contributed by atoms with Gasteiger partial charge in [-0.15, -0.1) is 0 Å². The number of hydrogen-bond donors (Lipinski definition) is 0. The molecular formula is C25H28N2O2. The zero-order valence-electron chi connectivity index (χ0n) is 17.7. The Morgan fingerprint density at radius 3 is 2.48 bits per heavy atom. The normalized spacial score (nSPS) is 16.9. The van der Waals surface area contributed by atoms with Crippen LogP contribution in [0.2, 0.25) is 0 Å². The number of hydrogen-bond acceptors (Lipinski definition) is 3. The third-order valence-electron chi connectivity index (χ3n) is 5.72. The van der Waals surface area contributed by atoms with Gasteiger partial charge < -0.3 is 4.90 Å². The molecule has 4 rings (SSSR count). The first kappa shape index (κ1) is 19.4. The Balaban J connectivity index is 1.91. The van der Waals surface area contributed by atoms with Crippen molar-refractivity contribution in [1.82, 2.24) is 4.90 Å². The minimum atomic E-state index is -0.172. The third kappa shape index (κ3) is 3.37. The van der Waals surface area contributed by atoms with Crippen LogP contribution < -0.4 is 4.90 Å². The molecule has 0 fully saturated rings. The van der Waals surface area contributed by atoms with Crippen molar-refractivity contribution in [2.45, 2.75) is 40.5 Å². The molecule has 0 aromatic heterocycles. The van der Waals surface area contributed by atoms with Gasteiger partial charge in [0, 0.05) is 18.8 Å². The highest BCUT2D eigenvalue weighted by atomic mass is 16.2. The van der Waals surface area contributed by atoms with Gasteiger partial charge in [-0.1, -0.05) is 55.8 Å². The number of nitrogens with zero attached hydrogens (tertiary/aromatic N) is 2. The lowest BCUT2D eigenvalue weighted by Gasteiger charge is -2.32. The molecule has 2 aromatic rings. The number of amides is 2. The van der Waals surface area contributed by atoms with Crippen molar-refractivity contribution in [3.8, 4) is 0 Å². The first-order chi connectivity index (χ1) is 13.9. The molecule has 2 aliphatic heterocycles. The fraction of sp³-hybridized carbons (Fsp3) is 0.360. The Bertz CT molecular complexity index is 1020. The lowest BCUT2D eigenvalue weighted by Crippen LogP contribution is -2.38. The van der Waals surface area contributed by atoms with Crippen LogP contribution in [-0.4, -0.2) is 29.8 Å². The number of aryl methyl sites for hydroxylation is 3. The number of rotatable bonds is 4. The molecule has 150 valence electrons. The van der Waals surface area contributed by atoms with Gasteiger partial charge in [0.15, 0.2) is 0 Å². The van der Waals surface area contributed by atoms with Gasteiger partial charge in [0.25, 0.3) is 11.8 Å². The van der Waals surface area contributed by atoms with Gasteiger partial charge in [-0.05, 0) is 55.4 Å². The Morgan fingerprint density at radius 1 is 1.00 bits per heavy atom. The van der Waals surface area contributed by atoms with Gasteiger partial charge in [0.1, 0.15) is 5.70 Å². The first-order valence-corrected chi connectivity index (χ1v) is 10.4. The zero-order chi connectivity index (χ0) is 20.7. The van der Waals surface area contributed by atoms with E-state index in [0.717, 1.165) is 41.8 Å². The number of carbonyl (C=O) groups excluding carboxylic acids is 2. The molecule has 4 nitrogen and oxygen atoms in total. The summed E-state index contributed by atoms with van der Waals surface area (Å²) in [4.78, 5) is 30.5. The van der Waals surface area contributed by atoms with Crippen LogP contribution in [0.5, 0.6) is 0 Å². The lowest BCUT2D eigenvalue weighted by molar-refractivity contribution is -0.137. The fourth-order valence-corrected chi connectivity index (χ4v) is 4.45. The maximum absolute atomic E-state index is 13.5. The van der Waals surface area contributed by atoms with E-state index in [-0.39, 0.29) is 17.7 Å². The zero-order valence-corrected chi connectivity index (χ0v) is 17.7. The maximum Gasteiger partial charge on any atom is 0.278 e. The van der Waals surface area contributed by atoms with E-state index >= 15 is 0 Å². The van der Waals surface area contributed by atoms with Crippen molar-refractivity contribution in [3.63, 3.8) is 0 Å². The van der Waals surface area contributed by atoms with E-state index < -0.39 is 0 Å². The Kier molecular flexibility index (Phi) is 5.03. The monoisotopic (exact) mass is 388 g/mol. The molecule has 0 atom stereocenters. The maximum atomic E-state index is 13.5. The minimum Gasteiger partial charge on any atom is -0.336 e. The molecule has 4 heteroatoms. The largest absolute Gasteiger partial charge is 0.336 e. The van der Waals surface area contributed by atoms with E-state index in [1.807, 2.05) is 52.0 Å². The highest BCUT2D eigenvalue weighted by Gasteiger charge is 2.43. The van der Waals surface area contributed by atoms with Crippen LogP contribution in [-0.2, 0) is 16.0 Å². The smallest absolute Gasteiger partial charge is 0.278 e. The molecule has 2 aliphatic rings. The summed E-state index contributed by atoms with van der Waals surface area (Å²) in [5.41, 5.74) is 6.39. The third-order valence-corrected chi connectivity index (χ3v) is 5.72. The lowest BCUT2D eigenvalue weighted by atomic mass is 9.95. The van der Waals surface area contributed by atoms with E-state index in [0.29, 0.717) is 17.8 Å². The van der Waals surface area contributed by atoms with Crippen LogP contribution in [0.15, 0.2) is 48.2 Å². The second kappa shape index (κ2) is 7.51. The number of para-hydroxylation sites is 1. The molecule has 2 aromatic carbocycles. The van der Waals surface area contributed by atoms with E-state index in [9.17, 15) is 9.59 Å². The molecular weight excluding hydrogens is 360 g/mol. The summed E-state index contributed by atoms with van der Waals surface area (Å²) in [6, 6.07) is 14.3. The van der Waals surface area contributed by atoms with Crippen LogP contribution in [0.1, 0.15) is 42.5 Å². The molecule has 29 heavy (non-hydrogen) atoms. The quantitative estimate of drug-likeness (QED) is 0.725. The van der Waals surface area contributed by atoms with E-state index in [1.165, 1.54) is 10.5 Å². The second-order valence-electron chi connectivity index (χ2n) is 8.54. The Labute approximate surface area is 172 Å². The van der Waals surface area contributed by atoms with Gasteiger partial charge >= 0.3 is 0 Å². The molecule has 0 saturated heterocycles. The van der Waals surface area contributed by atoms with Crippen LogP contribution in [0, 0.1) is 19.8 Å². The number of anilines is 1. The van der Waals surface area contributed by atoms with Crippen LogP contribution >= 0.6 is 0 Å². The molecule has 0 aliphatic carbocycles. The average molecular weight is 389 g/mol.